The van der Waals surface area contributed by atoms with E-state index in [0.29, 0.717) is 10.3 Å². The van der Waals surface area contributed by atoms with Crippen molar-refractivity contribution in [1.29, 1.82) is 0 Å². The molecule has 0 saturated carbocycles. The fourth-order valence-electron chi connectivity index (χ4n) is 1.57. The first kappa shape index (κ1) is 22.8. The van der Waals surface area contributed by atoms with Crippen LogP contribution in [0, 0.1) is 24.3 Å². The molecule has 2 rings (SSSR count). The van der Waals surface area contributed by atoms with Crippen LogP contribution in [-0.2, 0) is 20.4 Å². The Kier molecular flexibility index (Phi) is 11.2. The van der Waals surface area contributed by atoms with Crippen molar-refractivity contribution in [3.05, 3.63) is 70.1 Å². The number of aryl methyl sites for hydroxylation is 2. The van der Waals surface area contributed by atoms with E-state index in [-0.39, 0.29) is 20.4 Å². The summed E-state index contributed by atoms with van der Waals surface area (Å²) in [5.41, 5.74) is 3.45. The molecule has 0 aliphatic carbocycles. The third-order valence-electron chi connectivity index (χ3n) is 2.79. The summed E-state index contributed by atoms with van der Waals surface area (Å²) in [7, 11) is 2.59. The molecular weight excluding hydrogens is 415 g/mol. The minimum atomic E-state index is 0. The maximum Gasteiger partial charge on any atom is 2.00 e. The predicted molar refractivity (Wildman–Crippen MR) is 93.7 cm³/mol. The molecule has 0 aromatic heterocycles. The summed E-state index contributed by atoms with van der Waals surface area (Å²) in [6.45, 7) is 3.83. The van der Waals surface area contributed by atoms with Gasteiger partial charge in [-0.3, -0.25) is 0 Å². The molecule has 0 radical (unpaired) electrons. The second kappa shape index (κ2) is 12.2. The Morgan fingerprint density at radius 3 is 1.28 bits per heavy atom. The molecule has 0 aliphatic rings. The summed E-state index contributed by atoms with van der Waals surface area (Å²) in [4.78, 5) is 0. The molecule has 8 nitrogen and oxygen atoms in total. The average Bonchev–Trinajstić information content (AvgIpc) is 2.54. The fraction of sp³-hybridized carbons (Fsp3) is 0.250. The topological polar surface area (TPSA) is 102 Å². The van der Waals surface area contributed by atoms with Crippen LogP contribution in [0.15, 0.2) is 69.2 Å². The SMILES string of the molecule is Cc1ccccc1N=NN(C)[O-].Cc1ccccc1N=NN(C)[O-].[Pd+2]. The van der Waals surface area contributed by atoms with Gasteiger partial charge in [-0.25, -0.2) is 0 Å². The first-order chi connectivity index (χ1) is 11.4. The fourth-order valence-corrected chi connectivity index (χ4v) is 1.57. The number of hydroxylamine groups is 2. The van der Waals surface area contributed by atoms with Crippen LogP contribution in [0.5, 0.6) is 0 Å². The first-order valence-electron chi connectivity index (χ1n) is 7.16. The molecule has 2 aromatic carbocycles. The molecule has 0 aliphatic heterocycles. The molecule has 0 saturated heterocycles. The zero-order valence-corrected chi connectivity index (χ0v) is 16.0. The maximum absolute atomic E-state index is 10.4. The van der Waals surface area contributed by atoms with E-state index in [2.05, 4.69) is 20.7 Å². The van der Waals surface area contributed by atoms with Gasteiger partial charge >= 0.3 is 20.4 Å². The minimum Gasteiger partial charge on any atom is -0.741 e. The molecule has 25 heavy (non-hydrogen) atoms. The summed E-state index contributed by atoms with van der Waals surface area (Å²) >= 11 is 0. The third kappa shape index (κ3) is 9.64. The van der Waals surface area contributed by atoms with E-state index in [1.807, 2.05) is 62.4 Å². The number of nitrogens with zero attached hydrogens (tertiary/aromatic N) is 6. The van der Waals surface area contributed by atoms with Gasteiger partial charge in [-0.2, -0.15) is 0 Å². The standard InChI is InChI=1S/2C8H10N3O.Pd/c2*1-7-5-3-4-6-8(7)9-10-11(2)12;/h2*3-6H,1-2H3;/q2*-1;+2. The van der Waals surface area contributed by atoms with Crippen molar-refractivity contribution in [2.24, 2.45) is 20.7 Å². The smallest absolute Gasteiger partial charge is 0.741 e. The van der Waals surface area contributed by atoms with Crippen molar-refractivity contribution in [3.8, 4) is 0 Å². The summed E-state index contributed by atoms with van der Waals surface area (Å²) in [6.07, 6.45) is 0. The van der Waals surface area contributed by atoms with Crippen LogP contribution in [0.25, 0.3) is 0 Å². The van der Waals surface area contributed by atoms with E-state index in [1.54, 1.807) is 0 Å². The van der Waals surface area contributed by atoms with Gasteiger partial charge in [-0.15, -0.1) is 10.2 Å². The zero-order valence-electron chi connectivity index (χ0n) is 14.4. The minimum absolute atomic E-state index is 0. The largest absolute Gasteiger partial charge is 2.00 e. The van der Waals surface area contributed by atoms with E-state index < -0.39 is 0 Å². The Morgan fingerprint density at radius 1 is 0.680 bits per heavy atom. The molecule has 0 N–H and O–H groups in total. The molecule has 0 fully saturated rings. The van der Waals surface area contributed by atoms with Gasteiger partial charge in [0.15, 0.2) is 0 Å². The molecule has 136 valence electrons. The molecule has 9 heteroatoms. The average molecular weight is 435 g/mol. The summed E-state index contributed by atoms with van der Waals surface area (Å²) in [5.74, 6) is 0. The first-order valence-corrected chi connectivity index (χ1v) is 7.16. The van der Waals surface area contributed by atoms with E-state index in [9.17, 15) is 10.4 Å². The Hall–Kier alpha value is -2.18. The van der Waals surface area contributed by atoms with Crippen molar-refractivity contribution in [1.82, 2.24) is 10.3 Å². The van der Waals surface area contributed by atoms with Crippen molar-refractivity contribution < 1.29 is 20.4 Å². The van der Waals surface area contributed by atoms with E-state index in [0.717, 1.165) is 22.5 Å². The number of hydrogen-bond donors (Lipinski definition) is 0. The van der Waals surface area contributed by atoms with Gasteiger partial charge in [0.05, 0.1) is 11.4 Å². The molecule has 0 unspecified atom stereocenters. The van der Waals surface area contributed by atoms with Crippen LogP contribution in [0.2, 0.25) is 0 Å². The summed E-state index contributed by atoms with van der Waals surface area (Å²) < 4.78 is 0. The van der Waals surface area contributed by atoms with Gasteiger partial charge in [0, 0.05) is 14.1 Å². The van der Waals surface area contributed by atoms with E-state index in [4.69, 9.17) is 0 Å². The Bertz CT molecular complexity index is 632. The van der Waals surface area contributed by atoms with Gasteiger partial charge < -0.3 is 20.8 Å². The van der Waals surface area contributed by atoms with E-state index in [1.165, 1.54) is 14.1 Å². The normalized spacial score (nSPS) is 10.2. The molecule has 0 amide bonds. The van der Waals surface area contributed by atoms with Crippen molar-refractivity contribution in [2.75, 3.05) is 14.1 Å². The Labute approximate surface area is 161 Å². The summed E-state index contributed by atoms with van der Waals surface area (Å²) in [5, 5.41) is 35.8. The Morgan fingerprint density at radius 2 is 1.00 bits per heavy atom. The monoisotopic (exact) mass is 434 g/mol. The number of rotatable bonds is 4. The van der Waals surface area contributed by atoms with Crippen LogP contribution < -0.4 is 0 Å². The maximum atomic E-state index is 10.4. The molecule has 2 aromatic rings. The Balaban J connectivity index is 0.000000443. The molecule has 0 atom stereocenters. The van der Waals surface area contributed by atoms with Gasteiger partial charge in [0.25, 0.3) is 0 Å². The molecule has 0 spiro atoms. The van der Waals surface area contributed by atoms with Crippen LogP contribution in [0.4, 0.5) is 11.4 Å². The van der Waals surface area contributed by atoms with Crippen molar-refractivity contribution in [3.63, 3.8) is 0 Å². The zero-order chi connectivity index (χ0) is 17.9. The van der Waals surface area contributed by atoms with Crippen LogP contribution in [0.3, 0.4) is 0 Å². The molecular formula is C16H20N6O2Pd. The van der Waals surface area contributed by atoms with Gasteiger partial charge in [0.2, 0.25) is 0 Å². The van der Waals surface area contributed by atoms with Crippen molar-refractivity contribution >= 4 is 11.4 Å². The third-order valence-corrected chi connectivity index (χ3v) is 2.79. The quantitative estimate of drug-likeness (QED) is 0.390. The van der Waals surface area contributed by atoms with Crippen LogP contribution in [-0.4, -0.2) is 24.4 Å². The summed E-state index contributed by atoms with van der Waals surface area (Å²) in [6, 6.07) is 15.0. The van der Waals surface area contributed by atoms with Gasteiger partial charge in [-0.1, -0.05) is 46.8 Å². The second-order valence-corrected chi connectivity index (χ2v) is 4.88. The van der Waals surface area contributed by atoms with Gasteiger partial charge in [-0.05, 0) is 37.1 Å². The molecule has 0 heterocycles. The number of hydrogen-bond acceptors (Lipinski definition) is 6. The number of benzene rings is 2. The second-order valence-electron chi connectivity index (χ2n) is 4.88. The van der Waals surface area contributed by atoms with E-state index >= 15 is 0 Å². The predicted octanol–water partition coefficient (Wildman–Crippen LogP) is 4.84. The van der Waals surface area contributed by atoms with Crippen molar-refractivity contribution in [2.45, 2.75) is 13.8 Å². The van der Waals surface area contributed by atoms with Crippen LogP contribution in [0.1, 0.15) is 11.1 Å². The molecule has 0 bridgehead atoms. The van der Waals surface area contributed by atoms with Crippen LogP contribution >= 0.6 is 0 Å². The van der Waals surface area contributed by atoms with Gasteiger partial charge in [0.1, 0.15) is 0 Å².